The fourth-order valence-electron chi connectivity index (χ4n) is 2.58. The number of ether oxygens (including phenoxy) is 4. The van der Waals surface area contributed by atoms with Crippen LogP contribution in [0.15, 0.2) is 41.0 Å². The van der Waals surface area contributed by atoms with Gasteiger partial charge in [0.05, 0.1) is 4.90 Å². The molecule has 3 atom stereocenters. The average Bonchev–Trinajstić information content (AvgIpc) is 2.61. The zero-order valence-corrected chi connectivity index (χ0v) is 17.7. The summed E-state index contributed by atoms with van der Waals surface area (Å²) in [5, 5.41) is 0. The van der Waals surface area contributed by atoms with E-state index in [-0.39, 0.29) is 17.3 Å². The molecule has 0 unspecified atom stereocenters. The molecule has 164 valence electrons. The predicted octanol–water partition coefficient (Wildman–Crippen LogP) is 0.940. The molecule has 0 fully saturated rings. The van der Waals surface area contributed by atoms with Crippen molar-refractivity contribution in [3.05, 3.63) is 41.7 Å². The average molecular weight is 441 g/mol. The Morgan fingerprint density at radius 2 is 1.67 bits per heavy atom. The van der Waals surface area contributed by atoms with Gasteiger partial charge < -0.3 is 18.9 Å². The van der Waals surface area contributed by atoms with Gasteiger partial charge in [-0.05, 0) is 19.1 Å². The van der Waals surface area contributed by atoms with Crippen molar-refractivity contribution in [3.8, 4) is 0 Å². The van der Waals surface area contributed by atoms with Crippen LogP contribution in [-0.2, 0) is 43.4 Å². The van der Waals surface area contributed by atoms with E-state index in [0.29, 0.717) is 0 Å². The van der Waals surface area contributed by atoms with Crippen LogP contribution in [0, 0.1) is 6.92 Å². The van der Waals surface area contributed by atoms with Gasteiger partial charge in [0.1, 0.15) is 12.7 Å². The Bertz CT molecular complexity index is 937. The highest BCUT2D eigenvalue weighted by molar-refractivity contribution is 7.89. The third-order valence-corrected chi connectivity index (χ3v) is 5.29. The summed E-state index contributed by atoms with van der Waals surface area (Å²) in [6.45, 7) is 4.96. The van der Waals surface area contributed by atoms with Gasteiger partial charge in [-0.15, -0.1) is 0 Å². The summed E-state index contributed by atoms with van der Waals surface area (Å²) in [4.78, 5) is 34.0. The van der Waals surface area contributed by atoms with Gasteiger partial charge in [0, 0.05) is 26.8 Å². The van der Waals surface area contributed by atoms with Gasteiger partial charge in [-0.1, -0.05) is 17.7 Å². The highest BCUT2D eigenvalue weighted by Gasteiger charge is 2.38. The van der Waals surface area contributed by atoms with Crippen molar-refractivity contribution in [1.29, 1.82) is 0 Å². The number of sulfonamides is 1. The van der Waals surface area contributed by atoms with E-state index in [2.05, 4.69) is 4.72 Å². The minimum Gasteiger partial charge on any atom is -0.463 e. The van der Waals surface area contributed by atoms with Crippen LogP contribution in [-0.4, -0.2) is 51.4 Å². The molecular formula is C19H23NO9S. The predicted molar refractivity (Wildman–Crippen MR) is 102 cm³/mol. The molecule has 0 saturated carbocycles. The van der Waals surface area contributed by atoms with Crippen LogP contribution >= 0.6 is 0 Å². The van der Waals surface area contributed by atoms with E-state index in [1.807, 2.05) is 6.92 Å². The number of nitrogens with one attached hydrogen (secondary N) is 1. The Hall–Kier alpha value is -2.76. The first-order chi connectivity index (χ1) is 14.0. The fourth-order valence-corrected chi connectivity index (χ4v) is 3.66. The van der Waals surface area contributed by atoms with Crippen LogP contribution in [0.3, 0.4) is 0 Å². The molecule has 30 heavy (non-hydrogen) atoms. The minimum atomic E-state index is -4.06. The van der Waals surface area contributed by atoms with E-state index < -0.39 is 46.4 Å². The Kier molecular flexibility index (Phi) is 7.71. The number of aryl methyl sites for hydroxylation is 1. The molecule has 1 N–H and O–H groups in total. The van der Waals surface area contributed by atoms with E-state index in [1.54, 1.807) is 12.1 Å². The van der Waals surface area contributed by atoms with Crippen molar-refractivity contribution < 1.29 is 41.7 Å². The molecule has 0 saturated heterocycles. The first-order valence-corrected chi connectivity index (χ1v) is 10.4. The van der Waals surface area contributed by atoms with Gasteiger partial charge in [-0.3, -0.25) is 14.4 Å². The van der Waals surface area contributed by atoms with Gasteiger partial charge in [-0.25, -0.2) is 8.42 Å². The molecule has 2 rings (SSSR count). The molecule has 0 amide bonds. The van der Waals surface area contributed by atoms with Crippen LogP contribution in [0.5, 0.6) is 0 Å². The number of hydrogen-bond donors (Lipinski definition) is 1. The van der Waals surface area contributed by atoms with Gasteiger partial charge in [0.15, 0.2) is 18.1 Å². The molecule has 1 aromatic carbocycles. The highest BCUT2D eigenvalue weighted by Crippen LogP contribution is 2.24. The van der Waals surface area contributed by atoms with E-state index >= 15 is 0 Å². The molecule has 0 aliphatic carbocycles. The second-order valence-corrected chi connectivity index (χ2v) is 8.24. The Labute approximate surface area is 174 Å². The maximum atomic E-state index is 12.7. The van der Waals surface area contributed by atoms with Crippen LogP contribution < -0.4 is 4.72 Å². The lowest BCUT2D eigenvalue weighted by Gasteiger charge is -2.34. The molecule has 10 nitrogen and oxygen atoms in total. The second-order valence-electron chi connectivity index (χ2n) is 6.53. The fraction of sp³-hybridized carbons (Fsp3) is 0.421. The Morgan fingerprint density at radius 1 is 1.03 bits per heavy atom. The molecule has 0 aromatic heterocycles. The lowest BCUT2D eigenvalue weighted by Crippen LogP contribution is -2.50. The lowest BCUT2D eigenvalue weighted by atomic mass is 10.1. The molecule has 0 radical (unpaired) electrons. The summed E-state index contributed by atoms with van der Waals surface area (Å²) in [6.07, 6.45) is -2.30. The van der Waals surface area contributed by atoms with Gasteiger partial charge in [0.2, 0.25) is 10.0 Å². The smallest absolute Gasteiger partial charge is 0.307 e. The molecule has 1 heterocycles. The number of rotatable bonds is 7. The SMILES string of the molecule is CC(=O)OC[C@H]1O[C@H](NS(=O)(=O)c2ccc(C)cc2)C(OC(C)=O)=C[C@@H]1OC(C)=O. The Balaban J connectivity index is 2.35. The molecule has 1 aromatic rings. The number of carbonyl (C=O) groups excluding carboxylic acids is 3. The van der Waals surface area contributed by atoms with Gasteiger partial charge in [0.25, 0.3) is 0 Å². The summed E-state index contributed by atoms with van der Waals surface area (Å²) >= 11 is 0. The molecule has 1 aliphatic heterocycles. The summed E-state index contributed by atoms with van der Waals surface area (Å²) in [6, 6.07) is 6.07. The molecule has 11 heteroatoms. The van der Waals surface area contributed by atoms with Crippen molar-refractivity contribution in [1.82, 2.24) is 4.72 Å². The summed E-state index contributed by atoms with van der Waals surface area (Å²) in [5.41, 5.74) is 0.869. The first kappa shape index (κ1) is 23.5. The van der Waals surface area contributed by atoms with E-state index in [0.717, 1.165) is 19.4 Å². The van der Waals surface area contributed by atoms with Crippen molar-refractivity contribution in [3.63, 3.8) is 0 Å². The van der Waals surface area contributed by atoms with Gasteiger partial charge >= 0.3 is 17.9 Å². The third kappa shape index (κ3) is 6.65. The monoisotopic (exact) mass is 441 g/mol. The quantitative estimate of drug-likeness (QED) is 0.484. The van der Waals surface area contributed by atoms with E-state index in [4.69, 9.17) is 18.9 Å². The minimum absolute atomic E-state index is 0.0301. The summed E-state index contributed by atoms with van der Waals surface area (Å²) in [7, 11) is -4.06. The Morgan fingerprint density at radius 3 is 2.20 bits per heavy atom. The zero-order chi connectivity index (χ0) is 22.5. The van der Waals surface area contributed by atoms with Crippen LogP contribution in [0.2, 0.25) is 0 Å². The van der Waals surface area contributed by atoms with Crippen molar-refractivity contribution in [2.24, 2.45) is 0 Å². The third-order valence-electron chi connectivity index (χ3n) is 3.87. The number of carbonyl (C=O) groups is 3. The number of hydrogen-bond acceptors (Lipinski definition) is 9. The normalized spacial score (nSPS) is 21.3. The van der Waals surface area contributed by atoms with Gasteiger partial charge in [-0.2, -0.15) is 4.72 Å². The van der Waals surface area contributed by atoms with E-state index in [9.17, 15) is 22.8 Å². The standard InChI is InChI=1S/C19H23NO9S/c1-11-5-7-15(8-6-11)30(24,25)20-19-17(28-14(4)23)9-16(27-13(3)22)18(29-19)10-26-12(2)21/h5-9,16,18-20H,10H2,1-4H3/t16-,18+,19-/m0/s1. The summed E-state index contributed by atoms with van der Waals surface area (Å²) < 4.78 is 48.5. The number of esters is 3. The van der Waals surface area contributed by atoms with Crippen molar-refractivity contribution >= 4 is 27.9 Å². The second kappa shape index (κ2) is 9.83. The van der Waals surface area contributed by atoms with Crippen molar-refractivity contribution in [2.45, 2.75) is 51.0 Å². The summed E-state index contributed by atoms with van der Waals surface area (Å²) in [5.74, 6) is -2.20. The molecule has 0 bridgehead atoms. The molecular weight excluding hydrogens is 418 g/mol. The van der Waals surface area contributed by atoms with Crippen LogP contribution in [0.4, 0.5) is 0 Å². The largest absolute Gasteiger partial charge is 0.463 e. The lowest BCUT2D eigenvalue weighted by molar-refractivity contribution is -0.169. The first-order valence-electron chi connectivity index (χ1n) is 8.93. The zero-order valence-electron chi connectivity index (χ0n) is 16.9. The van der Waals surface area contributed by atoms with E-state index in [1.165, 1.54) is 25.1 Å². The maximum Gasteiger partial charge on any atom is 0.307 e. The highest BCUT2D eigenvalue weighted by atomic mass is 32.2. The van der Waals surface area contributed by atoms with Crippen LogP contribution in [0.1, 0.15) is 26.3 Å². The molecule has 0 spiro atoms. The topological polar surface area (TPSA) is 134 Å². The maximum absolute atomic E-state index is 12.7. The molecule has 1 aliphatic rings. The van der Waals surface area contributed by atoms with Crippen LogP contribution in [0.25, 0.3) is 0 Å². The van der Waals surface area contributed by atoms with Crippen molar-refractivity contribution in [2.75, 3.05) is 6.61 Å². The number of benzene rings is 1.